The molecule has 0 radical (unpaired) electrons. The fourth-order valence-electron chi connectivity index (χ4n) is 4.71. The van der Waals surface area contributed by atoms with Gasteiger partial charge >= 0.3 is 12.3 Å². The number of nitrogens with zero attached hydrogens (tertiary/aromatic N) is 5. The van der Waals surface area contributed by atoms with E-state index in [0.29, 0.717) is 17.5 Å². The minimum absolute atomic E-state index is 0.107. The average molecular weight is 545 g/mol. The summed E-state index contributed by atoms with van der Waals surface area (Å²) in [6.45, 7) is 7.26. The predicted octanol–water partition coefficient (Wildman–Crippen LogP) is 5.53. The normalized spacial score (nSPS) is 16.6. The van der Waals surface area contributed by atoms with Gasteiger partial charge in [-0.1, -0.05) is 30.3 Å². The number of carbonyl (C=O) groups excluding carboxylic acids is 1. The van der Waals surface area contributed by atoms with Crippen LogP contribution in [0.25, 0.3) is 28.2 Å². The van der Waals surface area contributed by atoms with Crippen LogP contribution in [0.5, 0.6) is 0 Å². The molecule has 5 rings (SSSR count). The van der Waals surface area contributed by atoms with Crippen LogP contribution in [0, 0.1) is 6.92 Å². The number of aromatic amines is 1. The van der Waals surface area contributed by atoms with Gasteiger partial charge in [-0.05, 0) is 52.5 Å². The van der Waals surface area contributed by atoms with Gasteiger partial charge in [0, 0.05) is 12.2 Å². The molecule has 206 valence electrons. The van der Waals surface area contributed by atoms with Crippen molar-refractivity contribution in [2.24, 2.45) is 0 Å². The number of amides is 1. The van der Waals surface area contributed by atoms with Crippen molar-refractivity contribution in [2.45, 2.75) is 64.8 Å². The Labute approximate surface area is 220 Å². The minimum atomic E-state index is -4.81. The van der Waals surface area contributed by atoms with Crippen LogP contribution in [0.2, 0.25) is 0 Å². The van der Waals surface area contributed by atoms with Crippen molar-refractivity contribution in [2.75, 3.05) is 6.54 Å². The SMILES string of the molecule is Cc1[nH]c2c(-c3ccccc3)c(C(F)(F)F)nn2c(=O)c1-c1nnc(C2CCCCN2C(=O)OC(C)(C)C)o1. The van der Waals surface area contributed by atoms with Crippen molar-refractivity contribution in [1.29, 1.82) is 0 Å². The maximum Gasteiger partial charge on any atom is 0.435 e. The molecule has 0 spiro atoms. The number of carbonyl (C=O) groups is 1. The second-order valence-electron chi connectivity index (χ2n) is 10.4. The molecular formula is C26H27F3N6O4. The summed E-state index contributed by atoms with van der Waals surface area (Å²) in [7, 11) is 0. The van der Waals surface area contributed by atoms with Crippen molar-refractivity contribution in [3.63, 3.8) is 0 Å². The lowest BCUT2D eigenvalue weighted by atomic mass is 10.0. The van der Waals surface area contributed by atoms with Gasteiger partial charge in [-0.3, -0.25) is 9.69 Å². The second kappa shape index (κ2) is 9.54. The topological polar surface area (TPSA) is 119 Å². The van der Waals surface area contributed by atoms with E-state index >= 15 is 0 Å². The fraction of sp³-hybridized carbons (Fsp3) is 0.423. The van der Waals surface area contributed by atoms with Crippen molar-refractivity contribution in [3.05, 3.63) is 58.0 Å². The third kappa shape index (κ3) is 5.00. The van der Waals surface area contributed by atoms with Crippen molar-refractivity contribution in [3.8, 4) is 22.6 Å². The summed E-state index contributed by atoms with van der Waals surface area (Å²) in [5, 5.41) is 11.7. The van der Waals surface area contributed by atoms with Crippen LogP contribution in [0.15, 0.2) is 39.5 Å². The summed E-state index contributed by atoms with van der Waals surface area (Å²) in [5.74, 6) is -0.0819. The molecule has 1 amide bonds. The van der Waals surface area contributed by atoms with E-state index in [4.69, 9.17) is 9.15 Å². The number of piperidine rings is 1. The van der Waals surface area contributed by atoms with E-state index in [1.165, 1.54) is 24.0 Å². The lowest BCUT2D eigenvalue weighted by Crippen LogP contribution is -2.42. The van der Waals surface area contributed by atoms with Crippen molar-refractivity contribution < 1.29 is 27.1 Å². The highest BCUT2D eigenvalue weighted by Crippen LogP contribution is 2.39. The summed E-state index contributed by atoms with van der Waals surface area (Å²) >= 11 is 0. The highest BCUT2D eigenvalue weighted by molar-refractivity contribution is 5.81. The van der Waals surface area contributed by atoms with E-state index in [-0.39, 0.29) is 39.8 Å². The molecular weight excluding hydrogens is 517 g/mol. The van der Waals surface area contributed by atoms with Crippen LogP contribution in [-0.4, -0.2) is 47.9 Å². The van der Waals surface area contributed by atoms with E-state index < -0.39 is 35.2 Å². The molecule has 1 aromatic carbocycles. The molecule has 39 heavy (non-hydrogen) atoms. The minimum Gasteiger partial charge on any atom is -0.444 e. The lowest BCUT2D eigenvalue weighted by Gasteiger charge is -2.34. The molecule has 1 unspecified atom stereocenters. The quantitative estimate of drug-likeness (QED) is 0.360. The number of fused-ring (bicyclic) bond motifs is 1. The van der Waals surface area contributed by atoms with E-state index in [1.807, 2.05) is 0 Å². The number of halogens is 3. The molecule has 4 aromatic rings. The molecule has 1 aliphatic heterocycles. The van der Waals surface area contributed by atoms with E-state index in [9.17, 15) is 22.8 Å². The Morgan fingerprint density at radius 2 is 1.82 bits per heavy atom. The number of aryl methyl sites for hydroxylation is 1. The number of hydrogen-bond acceptors (Lipinski definition) is 7. The first kappa shape index (κ1) is 26.4. The Bertz CT molecular complexity index is 1580. The monoisotopic (exact) mass is 544 g/mol. The molecule has 1 fully saturated rings. The molecule has 0 bridgehead atoms. The highest BCUT2D eigenvalue weighted by atomic mass is 19.4. The number of H-pyrrole nitrogens is 1. The molecule has 4 heterocycles. The third-order valence-electron chi connectivity index (χ3n) is 6.37. The molecule has 1 atom stereocenters. The Hall–Kier alpha value is -4.16. The number of benzene rings is 1. The first-order valence-corrected chi connectivity index (χ1v) is 12.5. The number of alkyl halides is 3. The van der Waals surface area contributed by atoms with Gasteiger partial charge in [0.2, 0.25) is 5.89 Å². The Morgan fingerprint density at radius 1 is 1.10 bits per heavy atom. The number of hydrogen-bond donors (Lipinski definition) is 1. The van der Waals surface area contributed by atoms with E-state index in [0.717, 1.165) is 12.8 Å². The van der Waals surface area contributed by atoms with Crippen LogP contribution in [0.3, 0.4) is 0 Å². The van der Waals surface area contributed by atoms with Gasteiger partial charge in [0.05, 0.1) is 5.56 Å². The number of rotatable bonds is 3. The first-order chi connectivity index (χ1) is 18.3. The number of likely N-dealkylation sites (tertiary alicyclic amines) is 1. The van der Waals surface area contributed by atoms with Crippen molar-refractivity contribution in [1.82, 2.24) is 29.7 Å². The van der Waals surface area contributed by atoms with Crippen LogP contribution >= 0.6 is 0 Å². The smallest absolute Gasteiger partial charge is 0.435 e. The maximum absolute atomic E-state index is 14.0. The van der Waals surface area contributed by atoms with Gasteiger partial charge in [0.1, 0.15) is 22.9 Å². The van der Waals surface area contributed by atoms with E-state index in [2.05, 4.69) is 20.3 Å². The summed E-state index contributed by atoms with van der Waals surface area (Å²) < 4.78 is 54.0. The number of ether oxygens (including phenoxy) is 1. The zero-order valence-electron chi connectivity index (χ0n) is 21.8. The Morgan fingerprint density at radius 3 is 2.49 bits per heavy atom. The fourth-order valence-corrected chi connectivity index (χ4v) is 4.71. The molecule has 1 N–H and O–H groups in total. The molecule has 3 aromatic heterocycles. The molecule has 0 saturated carbocycles. The van der Waals surface area contributed by atoms with Crippen LogP contribution in [0.1, 0.15) is 63.4 Å². The summed E-state index contributed by atoms with van der Waals surface area (Å²) in [4.78, 5) is 30.7. The molecule has 10 nitrogen and oxygen atoms in total. The standard InChI is InChI=1S/C26H27F3N6O4/c1-14-17(22-32-31-21(38-22)16-12-8-9-13-34(16)24(37)39-25(2,3)4)23(36)35-20(30-14)18(15-10-6-5-7-11-15)19(33-35)26(27,28)29/h5-7,10-11,16,30H,8-9,12-13H2,1-4H3. The maximum atomic E-state index is 14.0. The zero-order valence-corrected chi connectivity index (χ0v) is 21.8. The summed E-state index contributed by atoms with van der Waals surface area (Å²) in [5.41, 5.74) is -2.73. The van der Waals surface area contributed by atoms with Gasteiger partial charge in [0.15, 0.2) is 5.69 Å². The van der Waals surface area contributed by atoms with Gasteiger partial charge in [0.25, 0.3) is 11.4 Å². The Kier molecular flexibility index (Phi) is 6.47. The highest BCUT2D eigenvalue weighted by Gasteiger charge is 2.40. The molecule has 13 heteroatoms. The van der Waals surface area contributed by atoms with Gasteiger partial charge in [-0.15, -0.1) is 10.2 Å². The average Bonchev–Trinajstić information content (AvgIpc) is 3.49. The van der Waals surface area contributed by atoms with Crippen LogP contribution < -0.4 is 5.56 Å². The third-order valence-corrected chi connectivity index (χ3v) is 6.37. The van der Waals surface area contributed by atoms with Crippen molar-refractivity contribution >= 4 is 11.7 Å². The predicted molar refractivity (Wildman–Crippen MR) is 134 cm³/mol. The van der Waals surface area contributed by atoms with Crippen LogP contribution in [-0.2, 0) is 10.9 Å². The van der Waals surface area contributed by atoms with Gasteiger partial charge in [-0.2, -0.15) is 22.8 Å². The molecule has 1 saturated heterocycles. The first-order valence-electron chi connectivity index (χ1n) is 12.5. The summed E-state index contributed by atoms with van der Waals surface area (Å²) in [6.07, 6.45) is -3.20. The molecule has 0 aliphatic carbocycles. The zero-order chi connectivity index (χ0) is 28.1. The lowest BCUT2D eigenvalue weighted by molar-refractivity contribution is -0.140. The second-order valence-corrected chi connectivity index (χ2v) is 10.4. The Balaban J connectivity index is 1.59. The van der Waals surface area contributed by atoms with Gasteiger partial charge in [-0.25, -0.2) is 4.79 Å². The number of aromatic nitrogens is 5. The number of nitrogens with one attached hydrogen (secondary N) is 1. The van der Waals surface area contributed by atoms with Crippen LogP contribution in [0.4, 0.5) is 18.0 Å². The van der Waals surface area contributed by atoms with Gasteiger partial charge < -0.3 is 14.1 Å². The largest absolute Gasteiger partial charge is 0.444 e. The summed E-state index contributed by atoms with van der Waals surface area (Å²) in [6, 6.07) is 7.34. The van der Waals surface area contributed by atoms with E-state index in [1.54, 1.807) is 39.0 Å². The molecule has 1 aliphatic rings.